The van der Waals surface area contributed by atoms with Crippen LogP contribution in [0.25, 0.3) is 0 Å². The Morgan fingerprint density at radius 1 is 1.21 bits per heavy atom. The third-order valence-corrected chi connectivity index (χ3v) is 5.59. The minimum Gasteiger partial charge on any atom is -0.467 e. The van der Waals surface area contributed by atoms with Crippen molar-refractivity contribution in [3.63, 3.8) is 0 Å². The average molecular weight is 404 g/mol. The molecule has 0 radical (unpaired) electrons. The molecule has 0 saturated carbocycles. The van der Waals surface area contributed by atoms with E-state index in [1.807, 2.05) is 38.1 Å². The van der Waals surface area contributed by atoms with Crippen LogP contribution in [-0.4, -0.2) is 16.8 Å². The van der Waals surface area contributed by atoms with E-state index >= 15 is 0 Å². The minimum atomic E-state index is -1.52. The fourth-order valence-corrected chi connectivity index (χ4v) is 3.84. The van der Waals surface area contributed by atoms with Gasteiger partial charge in [-0.1, -0.05) is 36.6 Å². The molecular weight excluding hydrogens is 374 g/mol. The van der Waals surface area contributed by atoms with Crippen molar-refractivity contribution in [2.75, 3.05) is 6.61 Å². The van der Waals surface area contributed by atoms with E-state index in [0.717, 1.165) is 30.4 Å². The van der Waals surface area contributed by atoms with Crippen LogP contribution in [-0.2, 0) is 20.5 Å². The van der Waals surface area contributed by atoms with E-state index in [2.05, 4.69) is 11.6 Å². The van der Waals surface area contributed by atoms with Crippen LogP contribution in [0.2, 0.25) is 0 Å². The number of unbranched alkanes of at least 4 members (excludes halogenated alkanes) is 1. The Balaban J connectivity index is 2.42. The van der Waals surface area contributed by atoms with Gasteiger partial charge >= 0.3 is 5.97 Å². The summed E-state index contributed by atoms with van der Waals surface area (Å²) in [5.41, 5.74) is 2.46. The van der Waals surface area contributed by atoms with Crippen LogP contribution in [0.3, 0.4) is 0 Å². The van der Waals surface area contributed by atoms with Gasteiger partial charge in [-0.15, -0.1) is 0 Å². The fourth-order valence-electron chi connectivity index (χ4n) is 2.88. The third kappa shape index (κ3) is 5.91. The molecule has 1 unspecified atom stereocenters. The Hall–Kier alpha value is -2.18. The predicted molar refractivity (Wildman–Crippen MR) is 111 cm³/mol. The molecular formula is C22H29NO4S. The molecule has 0 amide bonds. The Labute approximate surface area is 169 Å². The number of esters is 1. The predicted octanol–water partition coefficient (Wildman–Crippen LogP) is 5.01. The van der Waals surface area contributed by atoms with Gasteiger partial charge in [0.1, 0.15) is 22.8 Å². The van der Waals surface area contributed by atoms with E-state index in [-0.39, 0.29) is 6.61 Å². The number of aryl methyl sites for hydroxylation is 1. The van der Waals surface area contributed by atoms with Crippen molar-refractivity contribution < 1.29 is 18.2 Å². The maximum absolute atomic E-state index is 13.0. The molecule has 1 aromatic carbocycles. The van der Waals surface area contributed by atoms with Gasteiger partial charge in [-0.25, -0.2) is 13.7 Å². The van der Waals surface area contributed by atoms with E-state index in [1.54, 1.807) is 25.3 Å². The lowest BCUT2D eigenvalue weighted by molar-refractivity contribution is -0.139. The summed E-state index contributed by atoms with van der Waals surface area (Å²) in [7, 11) is -1.52. The molecule has 1 heterocycles. The second kappa shape index (κ2) is 11.0. The topological polar surface area (TPSA) is 68.5 Å². The van der Waals surface area contributed by atoms with E-state index < -0.39 is 23.0 Å². The first-order chi connectivity index (χ1) is 13.5. The van der Waals surface area contributed by atoms with Crippen molar-refractivity contribution in [3.05, 3.63) is 65.1 Å². The van der Waals surface area contributed by atoms with Crippen LogP contribution in [0.4, 0.5) is 0 Å². The summed E-state index contributed by atoms with van der Waals surface area (Å²) in [5, 5.41) is 0. The van der Waals surface area contributed by atoms with Crippen molar-refractivity contribution in [2.45, 2.75) is 57.9 Å². The second-order valence-corrected chi connectivity index (χ2v) is 7.91. The molecule has 2 atom stereocenters. The number of nitrogens with one attached hydrogen (secondary N) is 1. The first kappa shape index (κ1) is 22.1. The summed E-state index contributed by atoms with van der Waals surface area (Å²) in [4.78, 5) is 13.4. The van der Waals surface area contributed by atoms with Crippen molar-refractivity contribution in [3.8, 4) is 0 Å². The van der Waals surface area contributed by atoms with Gasteiger partial charge in [-0.2, -0.15) is 0 Å². The number of hydrogen-bond acceptors (Lipinski definition) is 4. The number of furan rings is 1. The zero-order valence-corrected chi connectivity index (χ0v) is 17.8. The second-order valence-electron chi connectivity index (χ2n) is 6.67. The molecule has 0 bridgehead atoms. The summed E-state index contributed by atoms with van der Waals surface area (Å²) in [5.74, 6) is 0.116. The molecule has 5 nitrogen and oxygen atoms in total. The minimum absolute atomic E-state index is 0.273. The molecule has 0 saturated heterocycles. The van der Waals surface area contributed by atoms with Gasteiger partial charge in [0.05, 0.1) is 23.3 Å². The van der Waals surface area contributed by atoms with Gasteiger partial charge in [0, 0.05) is 0 Å². The lowest BCUT2D eigenvalue weighted by Crippen LogP contribution is -2.30. The molecule has 0 aliphatic heterocycles. The highest BCUT2D eigenvalue weighted by Crippen LogP contribution is 2.29. The lowest BCUT2D eigenvalue weighted by atomic mass is 9.96. The Kier molecular flexibility index (Phi) is 8.67. The van der Waals surface area contributed by atoms with E-state index in [4.69, 9.17) is 9.15 Å². The van der Waals surface area contributed by atoms with Crippen molar-refractivity contribution in [1.29, 1.82) is 0 Å². The number of allylic oxidation sites excluding steroid dienone is 1. The quantitative estimate of drug-likeness (QED) is 0.447. The number of carbonyl (C=O) groups is 1. The zero-order valence-electron chi connectivity index (χ0n) is 17.0. The van der Waals surface area contributed by atoms with Gasteiger partial charge < -0.3 is 9.15 Å². The number of ether oxygens (including phenoxy) is 1. The summed E-state index contributed by atoms with van der Waals surface area (Å²) in [6.07, 6.45) is 4.28. The average Bonchev–Trinajstić information content (AvgIpc) is 3.21. The Morgan fingerprint density at radius 2 is 1.93 bits per heavy atom. The Bertz CT molecular complexity index is 810. The monoisotopic (exact) mass is 403 g/mol. The highest BCUT2D eigenvalue weighted by atomic mass is 32.2. The van der Waals surface area contributed by atoms with Crippen molar-refractivity contribution in [1.82, 2.24) is 4.72 Å². The van der Waals surface area contributed by atoms with Crippen LogP contribution in [0.5, 0.6) is 0 Å². The van der Waals surface area contributed by atoms with Gasteiger partial charge in [-0.05, 0) is 57.9 Å². The van der Waals surface area contributed by atoms with Crippen molar-refractivity contribution >= 4 is 17.0 Å². The Morgan fingerprint density at radius 3 is 2.50 bits per heavy atom. The summed E-state index contributed by atoms with van der Waals surface area (Å²) >= 11 is 0. The number of benzene rings is 1. The molecule has 1 N–H and O–H groups in total. The van der Waals surface area contributed by atoms with Gasteiger partial charge in [-0.3, -0.25) is 0 Å². The highest BCUT2D eigenvalue weighted by molar-refractivity contribution is 7.83. The van der Waals surface area contributed by atoms with Crippen molar-refractivity contribution in [2.24, 2.45) is 0 Å². The smallest absolute Gasteiger partial charge is 0.336 e. The molecule has 0 aliphatic carbocycles. The molecule has 0 spiro atoms. The highest BCUT2D eigenvalue weighted by Gasteiger charge is 2.29. The molecule has 2 rings (SSSR count). The first-order valence-electron chi connectivity index (χ1n) is 9.62. The van der Waals surface area contributed by atoms with Crippen LogP contribution >= 0.6 is 0 Å². The van der Waals surface area contributed by atoms with Gasteiger partial charge in [0.15, 0.2) is 0 Å². The summed E-state index contributed by atoms with van der Waals surface area (Å²) in [6.45, 7) is 8.05. The standard InChI is InChI=1S/C22H29NO4S/c1-5-7-9-17(4)20(22(24)26-6-2)21(19-10-8-15-27-19)23-28(25)18-13-11-16(3)12-14-18/h8,10-15,21,23H,5-7,9H2,1-4H3/b20-17-/t21-,28?/m0/s1. The number of hydrogen-bond donors (Lipinski definition) is 1. The lowest BCUT2D eigenvalue weighted by Gasteiger charge is -2.21. The van der Waals surface area contributed by atoms with E-state index in [9.17, 15) is 9.00 Å². The maximum atomic E-state index is 13.0. The number of rotatable bonds is 10. The fraction of sp³-hybridized carbons (Fsp3) is 0.409. The molecule has 152 valence electrons. The van der Waals surface area contributed by atoms with Crippen LogP contribution in [0.1, 0.15) is 57.4 Å². The number of carbonyl (C=O) groups excluding carboxylic acids is 1. The molecule has 28 heavy (non-hydrogen) atoms. The molecule has 0 aliphatic rings. The van der Waals surface area contributed by atoms with Gasteiger partial charge in [0.2, 0.25) is 0 Å². The van der Waals surface area contributed by atoms with E-state index in [1.165, 1.54) is 0 Å². The summed E-state index contributed by atoms with van der Waals surface area (Å²) < 4.78 is 26.9. The van der Waals surface area contributed by atoms with Crippen LogP contribution in [0.15, 0.2) is 63.1 Å². The first-order valence-corrected chi connectivity index (χ1v) is 10.8. The zero-order chi connectivity index (χ0) is 20.5. The molecule has 1 aromatic heterocycles. The van der Waals surface area contributed by atoms with E-state index in [0.29, 0.717) is 16.2 Å². The van der Waals surface area contributed by atoms with Crippen LogP contribution < -0.4 is 4.72 Å². The maximum Gasteiger partial charge on any atom is 0.336 e. The molecule has 0 fully saturated rings. The SMILES string of the molecule is CCCC/C(C)=C(\C(=O)OCC)[C@@H](NS(=O)c1ccc(C)cc1)c1ccco1. The molecule has 2 aromatic rings. The summed E-state index contributed by atoms with van der Waals surface area (Å²) in [6, 6.07) is 10.3. The largest absolute Gasteiger partial charge is 0.467 e. The third-order valence-electron chi connectivity index (χ3n) is 4.44. The van der Waals surface area contributed by atoms with Gasteiger partial charge in [0.25, 0.3) is 0 Å². The normalized spacial score (nSPS) is 14.3. The molecule has 6 heteroatoms. The van der Waals surface area contributed by atoms with Crippen LogP contribution in [0, 0.1) is 6.92 Å².